The molecule has 6 N–H and O–H groups in total. The van der Waals surface area contributed by atoms with Crippen LogP contribution in [0.4, 0.5) is 0 Å². The second kappa shape index (κ2) is 12.5. The van der Waals surface area contributed by atoms with E-state index in [1.165, 1.54) is 52.9 Å². The Morgan fingerprint density at radius 2 is 1.51 bits per heavy atom. The normalized spacial score (nSPS) is 17.0. The first-order chi connectivity index (χ1) is 25.2. The van der Waals surface area contributed by atoms with Gasteiger partial charge in [-0.05, 0) is 65.2 Å². The van der Waals surface area contributed by atoms with Crippen LogP contribution in [0.3, 0.4) is 0 Å². The molecule has 3 atom stereocenters. The number of hydrogen-bond acceptors (Lipinski definition) is 3. The van der Waals surface area contributed by atoms with Crippen molar-refractivity contribution in [2.45, 2.75) is 28.8 Å². The minimum atomic E-state index is 0.0175. The third kappa shape index (κ3) is 5.34. The summed E-state index contributed by atoms with van der Waals surface area (Å²) in [4.78, 5) is 1.42. The van der Waals surface area contributed by atoms with Gasteiger partial charge in [-0.2, -0.15) is 0 Å². The standard InChI is InChI=1S/C45H33N3OS2/c46-44(28-10-2-1-3-11-28)48-45(47-26-27-20-22-31-30-12-4-6-17-37(30)49-38(31)24-27)29-21-23-36-41(25-29)50-40-19-9-14-33(42(36)40)35-16-8-15-34-32-13-5-7-18-39(32)51-43(34)35/h1-25,32,39,45,47H,26H2,(H2,46,48)/p+3. The molecule has 3 heterocycles. The van der Waals surface area contributed by atoms with E-state index >= 15 is 0 Å². The lowest BCUT2D eigenvalue weighted by Gasteiger charge is -2.14. The number of hydrogen-bond donors (Lipinski definition) is 3. The molecule has 4 nitrogen and oxygen atoms in total. The van der Waals surface area contributed by atoms with Crippen molar-refractivity contribution < 1.29 is 20.5 Å². The molecule has 10 rings (SSSR count). The fourth-order valence-corrected chi connectivity index (χ4v) is 10.6. The third-order valence-corrected chi connectivity index (χ3v) is 13.0. The maximum atomic E-state index is 6.78. The van der Waals surface area contributed by atoms with Crippen LogP contribution in [0.1, 0.15) is 34.3 Å². The molecule has 3 unspecified atom stereocenters. The monoisotopic (exact) mass is 698 g/mol. The molecule has 1 aliphatic carbocycles. The number of allylic oxidation sites excluding steroid dienone is 3. The number of thiophene rings is 1. The van der Waals surface area contributed by atoms with Crippen LogP contribution in [-0.4, -0.2) is 11.1 Å². The molecule has 0 saturated heterocycles. The molecule has 0 radical (unpaired) electrons. The van der Waals surface area contributed by atoms with Gasteiger partial charge < -0.3 is 4.42 Å². The van der Waals surface area contributed by atoms with Gasteiger partial charge in [0.25, 0.3) is 0 Å². The fourth-order valence-electron chi connectivity index (χ4n) is 7.93. The molecule has 246 valence electrons. The van der Waals surface area contributed by atoms with E-state index in [1.54, 1.807) is 0 Å². The lowest BCUT2D eigenvalue weighted by Crippen LogP contribution is -3.09. The van der Waals surface area contributed by atoms with Crippen molar-refractivity contribution in [3.8, 4) is 11.1 Å². The molecular weight excluding hydrogens is 663 g/mol. The number of para-hydroxylation sites is 1. The van der Waals surface area contributed by atoms with E-state index in [2.05, 4.69) is 132 Å². The highest BCUT2D eigenvalue weighted by Gasteiger charge is 2.33. The smallest absolute Gasteiger partial charge is 0.369 e. The Kier molecular flexibility index (Phi) is 7.50. The quantitative estimate of drug-likeness (QED) is 0.0902. The van der Waals surface area contributed by atoms with Gasteiger partial charge in [-0.15, -0.1) is 23.1 Å². The minimum absolute atomic E-state index is 0.0175. The van der Waals surface area contributed by atoms with Crippen LogP contribution in [0.15, 0.2) is 161 Å². The van der Waals surface area contributed by atoms with Crippen molar-refractivity contribution in [1.29, 1.82) is 0 Å². The number of quaternary nitrogens is 2. The van der Waals surface area contributed by atoms with Crippen LogP contribution in [0, 0.1) is 0 Å². The Morgan fingerprint density at radius 1 is 0.706 bits per heavy atom. The largest absolute Gasteiger partial charge is 0.456 e. The minimum Gasteiger partial charge on any atom is -0.456 e. The molecule has 0 amide bonds. The Balaban J connectivity index is 1.02. The number of nitrogens with two attached hydrogens (primary N) is 3. The number of rotatable bonds is 7. The first-order valence-electron chi connectivity index (χ1n) is 17.5. The summed E-state index contributed by atoms with van der Waals surface area (Å²) < 4.78 is 8.83. The Labute approximate surface area is 304 Å². The summed E-state index contributed by atoms with van der Waals surface area (Å²) in [6.07, 6.45) is 9.12. The van der Waals surface area contributed by atoms with Gasteiger partial charge in [-0.25, -0.2) is 10.7 Å². The third-order valence-electron chi connectivity index (χ3n) is 10.5. The van der Waals surface area contributed by atoms with Crippen molar-refractivity contribution in [3.05, 3.63) is 174 Å². The van der Waals surface area contributed by atoms with Gasteiger partial charge in [0.05, 0.1) is 5.56 Å². The van der Waals surface area contributed by atoms with Gasteiger partial charge in [0.1, 0.15) is 23.3 Å². The molecule has 0 fully saturated rings. The van der Waals surface area contributed by atoms with Crippen molar-refractivity contribution >= 4 is 71.0 Å². The number of benzene rings is 6. The average molecular weight is 699 g/mol. The zero-order chi connectivity index (χ0) is 33.9. The summed E-state index contributed by atoms with van der Waals surface area (Å²) in [7, 11) is 0. The summed E-state index contributed by atoms with van der Waals surface area (Å²) in [5.41, 5.74) is 9.44. The maximum Gasteiger partial charge on any atom is 0.369 e. The van der Waals surface area contributed by atoms with E-state index in [9.17, 15) is 0 Å². The molecule has 6 aromatic carbocycles. The number of fused-ring (bicyclic) bond motifs is 9. The lowest BCUT2D eigenvalue weighted by atomic mass is 9.89. The van der Waals surface area contributed by atoms with Gasteiger partial charge in [0, 0.05) is 52.6 Å². The van der Waals surface area contributed by atoms with E-state index in [1.807, 2.05) is 53.4 Å². The summed E-state index contributed by atoms with van der Waals surface area (Å²) in [6, 6.07) is 45.8. The molecule has 1 aliphatic heterocycles. The summed E-state index contributed by atoms with van der Waals surface area (Å²) in [5.74, 6) is 1.23. The highest BCUT2D eigenvalue weighted by molar-refractivity contribution is 8.00. The second-order valence-corrected chi connectivity index (χ2v) is 15.8. The number of furan rings is 1. The van der Waals surface area contributed by atoms with Crippen LogP contribution in [0.2, 0.25) is 0 Å². The van der Waals surface area contributed by atoms with E-state index in [0.29, 0.717) is 11.2 Å². The molecule has 0 bridgehead atoms. The molecule has 2 aromatic heterocycles. The van der Waals surface area contributed by atoms with E-state index < -0.39 is 0 Å². The first kappa shape index (κ1) is 30.6. The number of amidine groups is 1. The predicted octanol–water partition coefficient (Wildman–Crippen LogP) is 7.84. The van der Waals surface area contributed by atoms with Crippen LogP contribution in [0.5, 0.6) is 0 Å². The van der Waals surface area contributed by atoms with Gasteiger partial charge in [0.15, 0.2) is 0 Å². The fraction of sp³-hybridized carbons (Fsp3) is 0.0889. The second-order valence-electron chi connectivity index (χ2n) is 13.5. The van der Waals surface area contributed by atoms with Crippen LogP contribution in [-0.2, 0) is 6.54 Å². The van der Waals surface area contributed by atoms with Crippen LogP contribution in [0.25, 0.3) is 53.2 Å². The van der Waals surface area contributed by atoms with Crippen molar-refractivity contribution in [2.24, 2.45) is 0 Å². The van der Waals surface area contributed by atoms with Gasteiger partial charge in [-0.1, -0.05) is 103 Å². The summed E-state index contributed by atoms with van der Waals surface area (Å²) in [6.45, 7) is 0.786. The maximum absolute atomic E-state index is 6.78. The SMILES string of the molecule is [NH2+]=C([NH2+]C([NH2+]Cc1ccc2c(c1)oc1ccccc12)c1ccc2c(c1)sc1cccc(-c3cccc4c3SC3C=CC=CC43)c12)c1ccccc1. The van der Waals surface area contributed by atoms with E-state index in [0.717, 1.165) is 39.9 Å². The van der Waals surface area contributed by atoms with E-state index in [-0.39, 0.29) is 6.17 Å². The summed E-state index contributed by atoms with van der Waals surface area (Å²) in [5, 5.41) is 16.8. The Bertz CT molecular complexity index is 2700. The topological polar surface area (TPSA) is 72.0 Å². The van der Waals surface area contributed by atoms with Gasteiger partial charge in [-0.3, -0.25) is 5.32 Å². The average Bonchev–Trinajstić information content (AvgIpc) is 3.87. The van der Waals surface area contributed by atoms with Crippen molar-refractivity contribution in [1.82, 2.24) is 0 Å². The molecular formula is C45H36N3OS2+3. The zero-order valence-electron chi connectivity index (χ0n) is 27.8. The van der Waals surface area contributed by atoms with Crippen LogP contribution < -0.4 is 16.0 Å². The Morgan fingerprint density at radius 3 is 2.45 bits per heavy atom. The first-order valence-corrected chi connectivity index (χ1v) is 19.2. The molecule has 6 heteroatoms. The summed E-state index contributed by atoms with van der Waals surface area (Å²) >= 11 is 3.89. The van der Waals surface area contributed by atoms with E-state index in [4.69, 9.17) is 9.83 Å². The van der Waals surface area contributed by atoms with Crippen LogP contribution >= 0.6 is 23.1 Å². The highest BCUT2D eigenvalue weighted by atomic mass is 32.2. The molecule has 8 aromatic rings. The molecule has 0 saturated carbocycles. The number of thioether (sulfide) groups is 1. The Hall–Kier alpha value is -5.24. The zero-order valence-corrected chi connectivity index (χ0v) is 29.5. The van der Waals surface area contributed by atoms with Gasteiger partial charge >= 0.3 is 5.84 Å². The molecule has 51 heavy (non-hydrogen) atoms. The molecule has 2 aliphatic rings. The molecule has 0 spiro atoms. The van der Waals surface area contributed by atoms with Crippen molar-refractivity contribution in [3.63, 3.8) is 0 Å². The van der Waals surface area contributed by atoms with Crippen molar-refractivity contribution in [2.75, 3.05) is 0 Å². The van der Waals surface area contributed by atoms with Gasteiger partial charge in [0.2, 0.25) is 6.17 Å². The predicted molar refractivity (Wildman–Crippen MR) is 212 cm³/mol. The lowest BCUT2D eigenvalue weighted by molar-refractivity contribution is -0.884. The highest BCUT2D eigenvalue weighted by Crippen LogP contribution is 2.53.